The van der Waals surface area contributed by atoms with Crippen LogP contribution in [0.3, 0.4) is 0 Å². The van der Waals surface area contributed by atoms with Crippen molar-refractivity contribution in [2.45, 2.75) is 43.5 Å². The van der Waals surface area contributed by atoms with Gasteiger partial charge in [-0.2, -0.15) is 4.31 Å². The van der Waals surface area contributed by atoms with Gasteiger partial charge in [-0.05, 0) is 43.0 Å². The third-order valence-corrected chi connectivity index (χ3v) is 6.99. The Morgan fingerprint density at radius 3 is 2.43 bits per heavy atom. The second-order valence-corrected chi connectivity index (χ2v) is 9.75. The number of imide groups is 1. The van der Waals surface area contributed by atoms with Gasteiger partial charge in [0.1, 0.15) is 6.54 Å². The Morgan fingerprint density at radius 2 is 1.80 bits per heavy atom. The van der Waals surface area contributed by atoms with Crippen molar-refractivity contribution in [3.63, 3.8) is 0 Å². The maximum Gasteiger partial charge on any atom is 0.321 e. The van der Waals surface area contributed by atoms with Crippen LogP contribution in [-0.4, -0.2) is 56.9 Å². The summed E-state index contributed by atoms with van der Waals surface area (Å²) >= 11 is 5.75. The molecule has 11 heteroatoms. The van der Waals surface area contributed by atoms with Crippen molar-refractivity contribution in [2.24, 2.45) is 5.92 Å². The van der Waals surface area contributed by atoms with Crippen LogP contribution in [0.1, 0.15) is 32.6 Å². The number of ether oxygens (including phenoxy) is 1. The van der Waals surface area contributed by atoms with Crippen molar-refractivity contribution >= 4 is 39.5 Å². The molecular formula is C19H26ClN3O6S. The van der Waals surface area contributed by atoms with E-state index < -0.39 is 41.1 Å². The number of urea groups is 1. The fraction of sp³-hybridized carbons (Fsp3) is 0.526. The summed E-state index contributed by atoms with van der Waals surface area (Å²) < 4.78 is 30.4. The number of amides is 3. The van der Waals surface area contributed by atoms with Gasteiger partial charge in [0.15, 0.2) is 6.61 Å². The van der Waals surface area contributed by atoms with Crippen LogP contribution >= 0.6 is 11.6 Å². The number of sulfonamides is 1. The van der Waals surface area contributed by atoms with Crippen LogP contribution in [0.4, 0.5) is 4.79 Å². The van der Waals surface area contributed by atoms with Crippen molar-refractivity contribution in [2.75, 3.05) is 20.2 Å². The molecule has 1 aliphatic carbocycles. The summed E-state index contributed by atoms with van der Waals surface area (Å²) in [7, 11) is -2.71. The zero-order valence-corrected chi connectivity index (χ0v) is 18.5. The van der Waals surface area contributed by atoms with Crippen molar-refractivity contribution in [3.05, 3.63) is 29.3 Å². The molecule has 0 saturated heterocycles. The molecule has 1 fully saturated rings. The average molecular weight is 460 g/mol. The molecule has 0 aromatic heterocycles. The summed E-state index contributed by atoms with van der Waals surface area (Å²) in [5, 5.41) is 5.24. The smallest absolute Gasteiger partial charge is 0.321 e. The second kappa shape index (κ2) is 10.7. The molecule has 2 rings (SSSR count). The zero-order valence-electron chi connectivity index (χ0n) is 16.9. The maximum atomic E-state index is 12.4. The largest absolute Gasteiger partial charge is 0.455 e. The van der Waals surface area contributed by atoms with Gasteiger partial charge in [-0.3, -0.25) is 14.9 Å². The zero-order chi connectivity index (χ0) is 22.3. The highest BCUT2D eigenvalue weighted by atomic mass is 35.5. The molecule has 0 aliphatic heterocycles. The number of likely N-dealkylation sites (N-methyl/N-ethyl adjacent to an activating group) is 1. The molecule has 0 spiro atoms. The summed E-state index contributed by atoms with van der Waals surface area (Å²) in [6, 6.07) is 4.84. The molecule has 1 aliphatic rings. The van der Waals surface area contributed by atoms with Gasteiger partial charge in [0.05, 0.1) is 4.90 Å². The fourth-order valence-electron chi connectivity index (χ4n) is 3.14. The molecule has 0 heterocycles. The highest BCUT2D eigenvalue weighted by molar-refractivity contribution is 7.89. The summed E-state index contributed by atoms with van der Waals surface area (Å²) in [6.45, 7) is 0.758. The predicted molar refractivity (Wildman–Crippen MR) is 110 cm³/mol. The van der Waals surface area contributed by atoms with Gasteiger partial charge in [0.2, 0.25) is 10.0 Å². The SMILES string of the molecule is C[C@H]1CCCC[C@@H]1NC(=O)NC(=O)COC(=O)CN(C)S(=O)(=O)c1ccc(Cl)cc1. The second-order valence-electron chi connectivity index (χ2n) is 7.27. The van der Waals surface area contributed by atoms with E-state index in [0.717, 1.165) is 30.0 Å². The number of nitrogens with one attached hydrogen (secondary N) is 2. The van der Waals surface area contributed by atoms with Gasteiger partial charge in [0, 0.05) is 18.1 Å². The number of nitrogens with zero attached hydrogens (tertiary/aromatic N) is 1. The van der Waals surface area contributed by atoms with Gasteiger partial charge < -0.3 is 10.1 Å². The Morgan fingerprint density at radius 1 is 1.17 bits per heavy atom. The Balaban J connectivity index is 1.77. The molecule has 2 N–H and O–H groups in total. The molecule has 0 bridgehead atoms. The lowest BCUT2D eigenvalue weighted by Crippen LogP contribution is -2.48. The molecule has 9 nitrogen and oxygen atoms in total. The summed E-state index contributed by atoms with van der Waals surface area (Å²) in [6.07, 6.45) is 4.01. The third-order valence-electron chi connectivity index (χ3n) is 4.92. The summed E-state index contributed by atoms with van der Waals surface area (Å²) in [5.74, 6) is -1.39. The van der Waals surface area contributed by atoms with Gasteiger partial charge in [-0.15, -0.1) is 0 Å². The molecule has 1 aromatic carbocycles. The monoisotopic (exact) mass is 459 g/mol. The quantitative estimate of drug-likeness (QED) is 0.600. The minimum atomic E-state index is -3.92. The molecule has 30 heavy (non-hydrogen) atoms. The van der Waals surface area contributed by atoms with E-state index in [1.165, 1.54) is 31.3 Å². The number of benzene rings is 1. The fourth-order valence-corrected chi connectivity index (χ4v) is 4.38. The lowest BCUT2D eigenvalue weighted by molar-refractivity contribution is -0.148. The summed E-state index contributed by atoms with van der Waals surface area (Å²) in [4.78, 5) is 35.6. The van der Waals surface area contributed by atoms with Crippen molar-refractivity contribution in [3.8, 4) is 0 Å². The Hall–Kier alpha value is -2.17. The van der Waals surface area contributed by atoms with Crippen LogP contribution in [0, 0.1) is 5.92 Å². The van der Waals surface area contributed by atoms with E-state index in [2.05, 4.69) is 10.6 Å². The number of hydrogen-bond acceptors (Lipinski definition) is 6. The highest BCUT2D eigenvalue weighted by Crippen LogP contribution is 2.23. The number of rotatable bonds is 7. The van der Waals surface area contributed by atoms with E-state index in [1.807, 2.05) is 6.92 Å². The number of carbonyl (C=O) groups excluding carboxylic acids is 3. The van der Waals surface area contributed by atoms with Gasteiger partial charge in [-0.1, -0.05) is 31.4 Å². The molecule has 1 saturated carbocycles. The Labute approximate surface area is 181 Å². The number of carbonyl (C=O) groups is 3. The Kier molecular flexibility index (Phi) is 8.63. The van der Waals surface area contributed by atoms with Crippen LogP contribution in [-0.2, 0) is 24.3 Å². The van der Waals surface area contributed by atoms with E-state index in [1.54, 1.807) is 0 Å². The Bertz CT molecular complexity index is 875. The molecule has 1 aromatic rings. The predicted octanol–water partition coefficient (Wildman–Crippen LogP) is 1.91. The first-order valence-corrected chi connectivity index (χ1v) is 11.4. The third kappa shape index (κ3) is 6.96. The molecule has 3 amide bonds. The van der Waals surface area contributed by atoms with E-state index in [-0.39, 0.29) is 10.9 Å². The first kappa shape index (κ1) is 24.1. The lowest BCUT2D eigenvalue weighted by Gasteiger charge is -2.29. The molecule has 0 radical (unpaired) electrons. The van der Waals surface area contributed by atoms with Gasteiger partial charge in [-0.25, -0.2) is 13.2 Å². The van der Waals surface area contributed by atoms with Crippen LogP contribution in [0.25, 0.3) is 0 Å². The van der Waals surface area contributed by atoms with E-state index >= 15 is 0 Å². The normalized spacial score (nSPS) is 19.2. The molecule has 0 unspecified atom stereocenters. The van der Waals surface area contributed by atoms with Gasteiger partial charge >= 0.3 is 12.0 Å². The number of hydrogen-bond donors (Lipinski definition) is 2. The van der Waals surface area contributed by atoms with E-state index in [4.69, 9.17) is 16.3 Å². The van der Waals surface area contributed by atoms with E-state index in [9.17, 15) is 22.8 Å². The standard InChI is InChI=1S/C19H26ClN3O6S/c1-13-5-3-4-6-16(13)21-19(26)22-17(24)12-29-18(25)11-23(2)30(27,28)15-9-7-14(20)8-10-15/h7-10,13,16H,3-6,11-12H2,1-2H3,(H2,21,22,24,26)/t13-,16-/m0/s1. The van der Waals surface area contributed by atoms with Crippen molar-refractivity contribution in [1.82, 2.24) is 14.9 Å². The van der Waals surface area contributed by atoms with Gasteiger partial charge in [0.25, 0.3) is 5.91 Å². The topological polar surface area (TPSA) is 122 Å². The molecule has 2 atom stereocenters. The maximum absolute atomic E-state index is 12.4. The van der Waals surface area contributed by atoms with E-state index in [0.29, 0.717) is 10.9 Å². The first-order chi connectivity index (χ1) is 14.1. The summed E-state index contributed by atoms with van der Waals surface area (Å²) in [5.41, 5.74) is 0. The number of esters is 1. The lowest BCUT2D eigenvalue weighted by atomic mass is 9.86. The van der Waals surface area contributed by atoms with Crippen LogP contribution in [0.5, 0.6) is 0 Å². The average Bonchev–Trinajstić information content (AvgIpc) is 2.68. The van der Waals surface area contributed by atoms with Crippen LogP contribution < -0.4 is 10.6 Å². The molecule has 166 valence electrons. The number of halogens is 1. The van der Waals surface area contributed by atoms with Crippen LogP contribution in [0.15, 0.2) is 29.2 Å². The van der Waals surface area contributed by atoms with Crippen LogP contribution in [0.2, 0.25) is 5.02 Å². The first-order valence-electron chi connectivity index (χ1n) is 9.57. The highest BCUT2D eigenvalue weighted by Gasteiger charge is 2.25. The minimum absolute atomic E-state index is 0.000763. The van der Waals surface area contributed by atoms with Crippen molar-refractivity contribution < 1.29 is 27.5 Å². The minimum Gasteiger partial charge on any atom is -0.455 e. The molecular weight excluding hydrogens is 434 g/mol. The van der Waals surface area contributed by atoms with Crippen molar-refractivity contribution in [1.29, 1.82) is 0 Å².